The van der Waals surface area contributed by atoms with Crippen LogP contribution in [0, 0.1) is 6.92 Å². The minimum absolute atomic E-state index is 0.0157. The van der Waals surface area contributed by atoms with Crippen molar-refractivity contribution in [2.75, 3.05) is 20.2 Å². The second-order valence-corrected chi connectivity index (χ2v) is 7.07. The Balaban J connectivity index is 2.08. The van der Waals surface area contributed by atoms with Gasteiger partial charge < -0.3 is 15.4 Å². The summed E-state index contributed by atoms with van der Waals surface area (Å²) in [4.78, 5) is 38.5. The van der Waals surface area contributed by atoms with Crippen molar-refractivity contribution >= 4 is 17.8 Å². The number of rotatable bonds is 6. The Labute approximate surface area is 154 Å². The Morgan fingerprint density at radius 1 is 1.35 bits per heavy atom. The van der Waals surface area contributed by atoms with Gasteiger partial charge in [0, 0.05) is 19.6 Å². The van der Waals surface area contributed by atoms with Crippen LogP contribution in [0.25, 0.3) is 0 Å². The highest BCUT2D eigenvalue weighted by atomic mass is 16.5. The predicted octanol–water partition coefficient (Wildman–Crippen LogP) is 0.753. The van der Waals surface area contributed by atoms with E-state index in [1.54, 1.807) is 13.8 Å². The van der Waals surface area contributed by atoms with Crippen LogP contribution in [0.2, 0.25) is 0 Å². The predicted molar refractivity (Wildman–Crippen MR) is 97.2 cm³/mol. The van der Waals surface area contributed by atoms with Crippen molar-refractivity contribution in [2.24, 2.45) is 0 Å². The number of hydrogen-bond acceptors (Lipinski definition) is 5. The van der Waals surface area contributed by atoms with E-state index in [2.05, 4.69) is 10.6 Å². The van der Waals surface area contributed by atoms with Crippen LogP contribution in [0.4, 0.5) is 0 Å². The number of nitrogens with one attached hydrogen (secondary N) is 2. The minimum atomic E-state index is -1.14. The third-order valence-electron chi connectivity index (χ3n) is 4.60. The Hall–Kier alpha value is -2.41. The van der Waals surface area contributed by atoms with E-state index in [1.807, 2.05) is 36.1 Å². The lowest BCUT2D eigenvalue weighted by molar-refractivity contribution is -0.149. The van der Waals surface area contributed by atoms with Crippen molar-refractivity contribution in [3.8, 4) is 0 Å². The number of ether oxygens (including phenoxy) is 1. The number of methoxy groups -OCH3 is 1. The van der Waals surface area contributed by atoms with Crippen molar-refractivity contribution in [1.29, 1.82) is 0 Å². The van der Waals surface area contributed by atoms with Gasteiger partial charge in [-0.05, 0) is 31.9 Å². The molecule has 1 saturated heterocycles. The van der Waals surface area contributed by atoms with Gasteiger partial charge in [-0.15, -0.1) is 0 Å². The second kappa shape index (κ2) is 8.31. The lowest BCUT2D eigenvalue weighted by Gasteiger charge is -2.35. The first kappa shape index (κ1) is 19.9. The third kappa shape index (κ3) is 4.82. The maximum Gasteiger partial charge on any atom is 0.330 e. The van der Waals surface area contributed by atoms with E-state index in [4.69, 9.17) is 4.74 Å². The molecule has 1 aliphatic rings. The maximum absolute atomic E-state index is 12.4. The van der Waals surface area contributed by atoms with Crippen molar-refractivity contribution in [3.05, 3.63) is 35.4 Å². The highest BCUT2D eigenvalue weighted by Crippen LogP contribution is 2.17. The Kier molecular flexibility index (Phi) is 6.37. The molecule has 7 nitrogen and oxygen atoms in total. The van der Waals surface area contributed by atoms with Gasteiger partial charge in [-0.3, -0.25) is 14.5 Å². The zero-order valence-corrected chi connectivity index (χ0v) is 15.8. The molecule has 2 rings (SSSR count). The van der Waals surface area contributed by atoms with E-state index in [0.717, 1.165) is 11.1 Å². The maximum atomic E-state index is 12.4. The molecule has 26 heavy (non-hydrogen) atoms. The number of aryl methyl sites for hydroxylation is 1. The molecular formula is C19H27N3O4. The SMILES string of the molecule is COC(=O)C(C)(C)NC(=O)C[C@H]1C(=O)NCCN1Cc1ccccc1C. The van der Waals surface area contributed by atoms with E-state index < -0.39 is 17.6 Å². The molecule has 0 radical (unpaired) electrons. The van der Waals surface area contributed by atoms with E-state index in [0.29, 0.717) is 19.6 Å². The molecule has 0 bridgehead atoms. The summed E-state index contributed by atoms with van der Waals surface area (Å²) >= 11 is 0. The van der Waals surface area contributed by atoms with Gasteiger partial charge in [0.1, 0.15) is 5.54 Å². The quantitative estimate of drug-likeness (QED) is 0.730. The van der Waals surface area contributed by atoms with Crippen LogP contribution in [-0.4, -0.2) is 54.5 Å². The second-order valence-electron chi connectivity index (χ2n) is 7.07. The van der Waals surface area contributed by atoms with Crippen LogP contribution in [0.5, 0.6) is 0 Å². The number of esters is 1. The molecular weight excluding hydrogens is 334 g/mol. The molecule has 1 aromatic carbocycles. The Morgan fingerprint density at radius 2 is 2.04 bits per heavy atom. The molecule has 7 heteroatoms. The van der Waals surface area contributed by atoms with Gasteiger partial charge in [-0.1, -0.05) is 24.3 Å². The highest BCUT2D eigenvalue weighted by Gasteiger charge is 2.35. The van der Waals surface area contributed by atoms with Crippen LogP contribution < -0.4 is 10.6 Å². The van der Waals surface area contributed by atoms with Gasteiger partial charge >= 0.3 is 5.97 Å². The topological polar surface area (TPSA) is 87.7 Å². The minimum Gasteiger partial charge on any atom is -0.467 e. The van der Waals surface area contributed by atoms with Crippen LogP contribution in [0.15, 0.2) is 24.3 Å². The van der Waals surface area contributed by atoms with Crippen molar-refractivity contribution < 1.29 is 19.1 Å². The number of nitrogens with zero attached hydrogens (tertiary/aromatic N) is 1. The van der Waals surface area contributed by atoms with E-state index in [1.165, 1.54) is 7.11 Å². The number of hydrogen-bond donors (Lipinski definition) is 2. The van der Waals surface area contributed by atoms with Gasteiger partial charge in [0.05, 0.1) is 19.6 Å². The molecule has 1 aliphatic heterocycles. The average Bonchev–Trinajstić information content (AvgIpc) is 2.58. The summed E-state index contributed by atoms with van der Waals surface area (Å²) in [5.41, 5.74) is 1.13. The van der Waals surface area contributed by atoms with Crippen molar-refractivity contribution in [2.45, 2.75) is 45.3 Å². The fourth-order valence-electron chi connectivity index (χ4n) is 3.06. The van der Waals surface area contributed by atoms with Crippen LogP contribution in [0.1, 0.15) is 31.4 Å². The lowest BCUT2D eigenvalue weighted by Crippen LogP contribution is -2.58. The van der Waals surface area contributed by atoms with Crippen LogP contribution in [0.3, 0.4) is 0 Å². The van der Waals surface area contributed by atoms with E-state index >= 15 is 0 Å². The Bertz CT molecular complexity index is 687. The molecule has 0 aromatic heterocycles. The summed E-state index contributed by atoms with van der Waals surface area (Å²) in [6, 6.07) is 7.42. The summed E-state index contributed by atoms with van der Waals surface area (Å²) < 4.78 is 4.70. The van der Waals surface area contributed by atoms with Gasteiger partial charge in [0.2, 0.25) is 11.8 Å². The smallest absolute Gasteiger partial charge is 0.330 e. The van der Waals surface area contributed by atoms with Gasteiger partial charge in [0.15, 0.2) is 0 Å². The average molecular weight is 361 g/mol. The van der Waals surface area contributed by atoms with Crippen molar-refractivity contribution in [1.82, 2.24) is 15.5 Å². The van der Waals surface area contributed by atoms with E-state index in [-0.39, 0.29) is 18.2 Å². The molecule has 0 unspecified atom stereocenters. The molecule has 0 saturated carbocycles. The van der Waals surface area contributed by atoms with Crippen molar-refractivity contribution in [3.63, 3.8) is 0 Å². The van der Waals surface area contributed by atoms with Gasteiger partial charge in [-0.25, -0.2) is 4.79 Å². The third-order valence-corrected chi connectivity index (χ3v) is 4.60. The molecule has 0 aliphatic carbocycles. The summed E-state index contributed by atoms with van der Waals surface area (Å²) in [5.74, 6) is -1.07. The standard InChI is InChI=1S/C19H27N3O4/c1-13-7-5-6-8-14(13)12-22-10-9-20-17(24)15(22)11-16(23)21-19(2,3)18(25)26-4/h5-8,15H,9-12H2,1-4H3,(H,20,24)(H,21,23)/t15-/m0/s1. The Morgan fingerprint density at radius 3 is 2.69 bits per heavy atom. The van der Waals surface area contributed by atoms with Crippen LogP contribution in [-0.2, 0) is 25.7 Å². The number of benzene rings is 1. The fraction of sp³-hybridized carbons (Fsp3) is 0.526. The molecule has 1 heterocycles. The molecule has 1 aromatic rings. The van der Waals surface area contributed by atoms with Gasteiger partial charge in [0.25, 0.3) is 0 Å². The van der Waals surface area contributed by atoms with Gasteiger partial charge in [-0.2, -0.15) is 0 Å². The first-order chi connectivity index (χ1) is 12.2. The molecule has 0 spiro atoms. The summed E-state index contributed by atoms with van der Waals surface area (Å²) in [7, 11) is 1.27. The summed E-state index contributed by atoms with van der Waals surface area (Å²) in [6.45, 7) is 6.98. The number of amides is 2. The first-order valence-corrected chi connectivity index (χ1v) is 8.70. The van der Waals surface area contributed by atoms with E-state index in [9.17, 15) is 14.4 Å². The number of carbonyl (C=O) groups excluding carboxylic acids is 3. The normalized spacial score (nSPS) is 18.2. The molecule has 1 atom stereocenters. The molecule has 142 valence electrons. The largest absolute Gasteiger partial charge is 0.467 e. The number of carbonyl (C=O) groups is 3. The van der Waals surface area contributed by atoms with Crippen LogP contribution >= 0.6 is 0 Å². The summed E-state index contributed by atoms with van der Waals surface area (Å²) in [5, 5.41) is 5.46. The number of piperazine rings is 1. The lowest BCUT2D eigenvalue weighted by atomic mass is 10.0. The fourth-order valence-corrected chi connectivity index (χ4v) is 3.06. The zero-order chi connectivity index (χ0) is 19.3. The summed E-state index contributed by atoms with van der Waals surface area (Å²) in [6.07, 6.45) is -0.0157. The highest BCUT2D eigenvalue weighted by molar-refractivity contribution is 5.91. The molecule has 2 amide bonds. The molecule has 1 fully saturated rings. The molecule has 2 N–H and O–H groups in total. The zero-order valence-electron chi connectivity index (χ0n) is 15.8. The monoisotopic (exact) mass is 361 g/mol. The first-order valence-electron chi connectivity index (χ1n) is 8.70.